The van der Waals surface area contributed by atoms with Gasteiger partial charge >= 0.3 is 0 Å². The van der Waals surface area contributed by atoms with E-state index in [2.05, 4.69) is 0 Å². The Morgan fingerprint density at radius 1 is 1.22 bits per heavy atom. The third kappa shape index (κ3) is 3.20. The molecule has 2 nitrogen and oxygen atoms in total. The summed E-state index contributed by atoms with van der Waals surface area (Å²) in [4.78, 5) is 11.5. The number of ketones is 1. The number of carbonyl (C=O) groups excluding carboxylic acids is 1. The van der Waals surface area contributed by atoms with Crippen molar-refractivity contribution in [3.05, 3.63) is 59.7 Å². The van der Waals surface area contributed by atoms with Crippen molar-refractivity contribution in [2.24, 2.45) is 0 Å². The van der Waals surface area contributed by atoms with Gasteiger partial charge in [0, 0.05) is 0 Å². The zero-order valence-electron chi connectivity index (χ0n) is 10.4. The molecule has 0 amide bonds. The van der Waals surface area contributed by atoms with Crippen LogP contribution in [0.2, 0.25) is 0 Å². The highest BCUT2D eigenvalue weighted by Gasteiger charge is 2.07. The molecule has 2 heteroatoms. The minimum atomic E-state index is 0.126. The monoisotopic (exact) mass is 240 g/mol. The number of allylic oxidation sites excluding steroid dienone is 5. The van der Waals surface area contributed by atoms with Gasteiger partial charge in [0.15, 0.2) is 5.78 Å². The van der Waals surface area contributed by atoms with E-state index in [9.17, 15) is 4.79 Å². The molecular weight excluding hydrogens is 224 g/mol. The fourth-order valence-electron chi connectivity index (χ4n) is 1.82. The van der Waals surface area contributed by atoms with Gasteiger partial charge in [-0.15, -0.1) is 0 Å². The highest BCUT2D eigenvalue weighted by molar-refractivity contribution is 6.04. The van der Waals surface area contributed by atoms with Crippen LogP contribution in [0, 0.1) is 0 Å². The Bertz CT molecular complexity index is 504. The smallest absolute Gasteiger partial charge is 0.181 e. The van der Waals surface area contributed by atoms with Crippen LogP contribution in [0.5, 0.6) is 5.75 Å². The lowest BCUT2D eigenvalue weighted by Gasteiger charge is -2.05. The van der Waals surface area contributed by atoms with Gasteiger partial charge in [0.2, 0.25) is 0 Å². The molecule has 1 aliphatic carbocycles. The average Bonchev–Trinajstić information content (AvgIpc) is 2.42. The first kappa shape index (κ1) is 12.4. The van der Waals surface area contributed by atoms with Crippen LogP contribution in [0.4, 0.5) is 0 Å². The molecular formula is C16H16O2. The Hall–Kier alpha value is -2.09. The summed E-state index contributed by atoms with van der Waals surface area (Å²) in [5, 5.41) is 0. The highest BCUT2D eigenvalue weighted by atomic mass is 16.5. The van der Waals surface area contributed by atoms with Crippen molar-refractivity contribution in [3.8, 4) is 5.75 Å². The maximum Gasteiger partial charge on any atom is 0.181 e. The lowest BCUT2D eigenvalue weighted by molar-refractivity contribution is -0.111. The molecule has 0 unspecified atom stereocenters. The molecule has 0 radical (unpaired) electrons. The van der Waals surface area contributed by atoms with Crippen LogP contribution in [0.15, 0.2) is 54.1 Å². The van der Waals surface area contributed by atoms with Crippen LogP contribution in [-0.2, 0) is 4.79 Å². The van der Waals surface area contributed by atoms with Gasteiger partial charge in [-0.05, 0) is 42.2 Å². The summed E-state index contributed by atoms with van der Waals surface area (Å²) < 4.78 is 5.09. The molecule has 0 fully saturated rings. The number of hydrogen-bond donors (Lipinski definition) is 0. The predicted molar refractivity (Wildman–Crippen MR) is 73.5 cm³/mol. The van der Waals surface area contributed by atoms with E-state index in [-0.39, 0.29) is 5.78 Å². The Morgan fingerprint density at radius 2 is 2.00 bits per heavy atom. The standard InChI is InChI=1S/C16H16O2/c1-18-15-11-9-13(10-12-15)5-4-7-14-6-2-3-8-16(14)17/h3-5,7-12H,2,6H2,1H3/b5-4+,14-7+. The number of ether oxygens (including phenoxy) is 1. The number of methoxy groups -OCH3 is 1. The summed E-state index contributed by atoms with van der Waals surface area (Å²) in [7, 11) is 1.65. The van der Waals surface area contributed by atoms with Crippen LogP contribution in [0.1, 0.15) is 18.4 Å². The van der Waals surface area contributed by atoms with E-state index in [0.717, 1.165) is 29.7 Å². The summed E-state index contributed by atoms with van der Waals surface area (Å²) in [6, 6.07) is 7.80. The quantitative estimate of drug-likeness (QED) is 0.755. The Kier molecular flexibility index (Phi) is 4.13. The lowest BCUT2D eigenvalue weighted by atomic mass is 9.99. The molecule has 18 heavy (non-hydrogen) atoms. The summed E-state index contributed by atoms with van der Waals surface area (Å²) in [5.41, 5.74) is 1.97. The number of carbonyl (C=O) groups is 1. The zero-order valence-corrected chi connectivity index (χ0v) is 10.4. The third-order valence-corrected chi connectivity index (χ3v) is 2.87. The molecule has 0 heterocycles. The zero-order chi connectivity index (χ0) is 12.8. The molecule has 2 rings (SSSR count). The minimum Gasteiger partial charge on any atom is -0.497 e. The molecule has 0 spiro atoms. The molecule has 0 aliphatic heterocycles. The molecule has 1 aromatic carbocycles. The molecule has 0 atom stereocenters. The second-order valence-electron chi connectivity index (χ2n) is 4.13. The summed E-state index contributed by atoms with van der Waals surface area (Å²) >= 11 is 0. The highest BCUT2D eigenvalue weighted by Crippen LogP contribution is 2.15. The second kappa shape index (κ2) is 6.01. The van der Waals surface area contributed by atoms with Gasteiger partial charge in [-0.3, -0.25) is 4.79 Å². The fourth-order valence-corrected chi connectivity index (χ4v) is 1.82. The van der Waals surface area contributed by atoms with Crippen LogP contribution in [-0.4, -0.2) is 12.9 Å². The molecule has 0 aromatic heterocycles. The van der Waals surface area contributed by atoms with E-state index < -0.39 is 0 Å². The van der Waals surface area contributed by atoms with Crippen molar-refractivity contribution >= 4 is 11.9 Å². The Balaban J connectivity index is 2.04. The van der Waals surface area contributed by atoms with E-state index in [4.69, 9.17) is 4.74 Å². The minimum absolute atomic E-state index is 0.126. The Morgan fingerprint density at radius 3 is 2.67 bits per heavy atom. The summed E-state index contributed by atoms with van der Waals surface area (Å²) in [6.07, 6.45) is 11.2. The maximum atomic E-state index is 11.5. The van der Waals surface area contributed by atoms with E-state index in [1.165, 1.54) is 0 Å². The number of rotatable bonds is 3. The van der Waals surface area contributed by atoms with Gasteiger partial charge in [-0.2, -0.15) is 0 Å². The van der Waals surface area contributed by atoms with Crippen LogP contribution >= 0.6 is 0 Å². The van der Waals surface area contributed by atoms with Crippen LogP contribution in [0.3, 0.4) is 0 Å². The second-order valence-corrected chi connectivity index (χ2v) is 4.13. The first-order valence-electron chi connectivity index (χ1n) is 6.02. The lowest BCUT2D eigenvalue weighted by Crippen LogP contribution is -2.01. The van der Waals surface area contributed by atoms with Crippen molar-refractivity contribution in [2.75, 3.05) is 7.11 Å². The first-order valence-corrected chi connectivity index (χ1v) is 6.02. The normalized spacial score (nSPS) is 17.6. The van der Waals surface area contributed by atoms with E-state index in [0.29, 0.717) is 0 Å². The van der Waals surface area contributed by atoms with Crippen molar-refractivity contribution < 1.29 is 9.53 Å². The fraction of sp³-hybridized carbons (Fsp3) is 0.188. The Labute approximate surface area is 107 Å². The van der Waals surface area contributed by atoms with Crippen molar-refractivity contribution in [1.29, 1.82) is 0 Å². The molecule has 0 N–H and O–H groups in total. The maximum absolute atomic E-state index is 11.5. The molecule has 92 valence electrons. The van der Waals surface area contributed by atoms with Crippen LogP contribution < -0.4 is 4.74 Å². The van der Waals surface area contributed by atoms with Gasteiger partial charge in [-0.1, -0.05) is 36.4 Å². The third-order valence-electron chi connectivity index (χ3n) is 2.87. The molecule has 0 saturated carbocycles. The van der Waals surface area contributed by atoms with Gasteiger partial charge < -0.3 is 4.74 Å². The van der Waals surface area contributed by atoms with Crippen molar-refractivity contribution in [1.82, 2.24) is 0 Å². The van der Waals surface area contributed by atoms with Gasteiger partial charge in [0.1, 0.15) is 5.75 Å². The van der Waals surface area contributed by atoms with E-state index >= 15 is 0 Å². The molecule has 1 aliphatic rings. The van der Waals surface area contributed by atoms with Gasteiger partial charge in [0.05, 0.1) is 7.11 Å². The largest absolute Gasteiger partial charge is 0.497 e. The predicted octanol–water partition coefficient (Wildman–Crippen LogP) is 3.55. The first-order chi connectivity index (χ1) is 8.79. The van der Waals surface area contributed by atoms with Crippen molar-refractivity contribution in [2.45, 2.75) is 12.8 Å². The van der Waals surface area contributed by atoms with Crippen molar-refractivity contribution in [3.63, 3.8) is 0 Å². The summed E-state index contributed by atoms with van der Waals surface area (Å²) in [6.45, 7) is 0. The average molecular weight is 240 g/mol. The summed E-state index contributed by atoms with van der Waals surface area (Å²) in [5.74, 6) is 0.971. The van der Waals surface area contributed by atoms with E-state index in [1.807, 2.05) is 48.6 Å². The molecule has 1 aromatic rings. The molecule has 0 saturated heterocycles. The topological polar surface area (TPSA) is 26.3 Å². The van der Waals surface area contributed by atoms with Gasteiger partial charge in [-0.25, -0.2) is 0 Å². The van der Waals surface area contributed by atoms with E-state index in [1.54, 1.807) is 13.2 Å². The van der Waals surface area contributed by atoms with Crippen LogP contribution in [0.25, 0.3) is 6.08 Å². The SMILES string of the molecule is COc1ccc(/C=C/C=C2\CCC=CC2=O)cc1. The number of hydrogen-bond acceptors (Lipinski definition) is 2. The van der Waals surface area contributed by atoms with Gasteiger partial charge in [0.25, 0.3) is 0 Å². The number of benzene rings is 1. The molecule has 0 bridgehead atoms.